The molecule has 0 heterocycles. The highest BCUT2D eigenvalue weighted by Gasteiger charge is 2.19. The predicted octanol–water partition coefficient (Wildman–Crippen LogP) is 4.12. The van der Waals surface area contributed by atoms with Gasteiger partial charge in [0, 0.05) is 5.92 Å². The molecule has 0 aliphatic carbocycles. The van der Waals surface area contributed by atoms with Crippen LogP contribution in [0.5, 0.6) is 0 Å². The van der Waals surface area contributed by atoms with Gasteiger partial charge in [-0.05, 0) is 24.2 Å². The van der Waals surface area contributed by atoms with E-state index in [2.05, 4.69) is 34.6 Å². The van der Waals surface area contributed by atoms with E-state index in [-0.39, 0.29) is 5.92 Å². The molecule has 0 spiro atoms. The van der Waals surface area contributed by atoms with E-state index < -0.39 is 6.29 Å². The van der Waals surface area contributed by atoms with Crippen molar-refractivity contribution in [2.45, 2.75) is 60.7 Å². The zero-order chi connectivity index (χ0) is 12.7. The zero-order valence-corrected chi connectivity index (χ0v) is 11.8. The first-order chi connectivity index (χ1) is 7.38. The van der Waals surface area contributed by atoms with Crippen molar-refractivity contribution < 1.29 is 9.84 Å². The highest BCUT2D eigenvalue weighted by Crippen LogP contribution is 2.19. The molecule has 97 valence electrons. The molecule has 0 saturated heterocycles. The molecule has 1 radical (unpaired) electrons. The largest absolute Gasteiger partial charge is 0.349 e. The van der Waals surface area contributed by atoms with Gasteiger partial charge in [0.1, 0.15) is 0 Å². The molecule has 0 aliphatic heterocycles. The molecule has 2 nitrogen and oxygen atoms in total. The third-order valence-corrected chi connectivity index (χ3v) is 3.45. The van der Waals surface area contributed by atoms with E-state index >= 15 is 0 Å². The second-order valence-corrected chi connectivity index (χ2v) is 5.67. The maximum atomic E-state index is 11.8. The smallest absolute Gasteiger partial charge is 0.193 e. The molecule has 4 atom stereocenters. The Kier molecular flexibility index (Phi) is 8.04. The summed E-state index contributed by atoms with van der Waals surface area (Å²) in [5, 5.41) is 11.8. The van der Waals surface area contributed by atoms with Gasteiger partial charge in [-0.2, -0.15) is 0 Å². The van der Waals surface area contributed by atoms with Gasteiger partial charge in [0.2, 0.25) is 0 Å². The monoisotopic (exact) mass is 229 g/mol. The van der Waals surface area contributed by atoms with Gasteiger partial charge in [-0.1, -0.05) is 48.0 Å². The molecule has 0 bridgehead atoms. The van der Waals surface area contributed by atoms with Crippen LogP contribution in [-0.4, -0.2) is 12.9 Å². The van der Waals surface area contributed by atoms with Gasteiger partial charge in [0.25, 0.3) is 0 Å². The van der Waals surface area contributed by atoms with Crippen LogP contribution < -0.4 is 0 Å². The average molecular weight is 229 g/mol. The third kappa shape index (κ3) is 6.49. The molecule has 0 aliphatic rings. The quantitative estimate of drug-likeness (QED) is 0.575. The minimum Gasteiger partial charge on any atom is -0.349 e. The van der Waals surface area contributed by atoms with Crippen LogP contribution in [-0.2, 0) is 9.84 Å². The Morgan fingerprint density at radius 1 is 0.938 bits per heavy atom. The van der Waals surface area contributed by atoms with Crippen LogP contribution in [0, 0.1) is 23.7 Å². The Bertz CT molecular complexity index is 168. The number of rotatable bonds is 8. The summed E-state index contributed by atoms with van der Waals surface area (Å²) in [6.45, 7) is 13.4. The summed E-state index contributed by atoms with van der Waals surface area (Å²) in [7, 11) is 0. The standard InChI is InChI=1S/C14H29O2/c1-7-11(4)13(6)9-16-14(15)12(5)8-10(2)3/h10-14H,7-9H2,1-6H3. The highest BCUT2D eigenvalue weighted by atomic mass is 16.6. The summed E-state index contributed by atoms with van der Waals surface area (Å²) in [5.74, 6) is 1.80. The lowest BCUT2D eigenvalue weighted by atomic mass is 9.94. The Hall–Kier alpha value is -0.0800. The number of hydrogen-bond donors (Lipinski definition) is 0. The van der Waals surface area contributed by atoms with Gasteiger partial charge >= 0.3 is 0 Å². The van der Waals surface area contributed by atoms with E-state index in [0.717, 1.165) is 12.8 Å². The van der Waals surface area contributed by atoms with Gasteiger partial charge < -0.3 is 4.74 Å². The van der Waals surface area contributed by atoms with Crippen LogP contribution in [0.1, 0.15) is 54.4 Å². The van der Waals surface area contributed by atoms with Crippen molar-refractivity contribution in [2.24, 2.45) is 23.7 Å². The van der Waals surface area contributed by atoms with Crippen molar-refractivity contribution >= 4 is 0 Å². The fourth-order valence-corrected chi connectivity index (χ4v) is 1.83. The Labute approximate surface area is 101 Å². The maximum Gasteiger partial charge on any atom is 0.193 e. The molecule has 0 saturated carbocycles. The Balaban J connectivity index is 3.83. The van der Waals surface area contributed by atoms with Crippen LogP contribution in [0.2, 0.25) is 0 Å². The summed E-state index contributed by atoms with van der Waals surface area (Å²) in [5.41, 5.74) is 0. The van der Waals surface area contributed by atoms with Crippen molar-refractivity contribution in [3.05, 3.63) is 0 Å². The van der Waals surface area contributed by atoms with Gasteiger partial charge in [-0.15, -0.1) is 0 Å². The third-order valence-electron chi connectivity index (χ3n) is 3.45. The summed E-state index contributed by atoms with van der Waals surface area (Å²) in [6.07, 6.45) is 1.25. The Morgan fingerprint density at radius 3 is 1.94 bits per heavy atom. The molecular formula is C14H29O2. The van der Waals surface area contributed by atoms with Gasteiger partial charge in [-0.3, -0.25) is 0 Å². The summed E-state index contributed by atoms with van der Waals surface area (Å²) in [6, 6.07) is 0. The molecule has 2 heteroatoms. The lowest BCUT2D eigenvalue weighted by molar-refractivity contribution is -0.179. The van der Waals surface area contributed by atoms with Gasteiger partial charge in [0.15, 0.2) is 6.29 Å². The van der Waals surface area contributed by atoms with Crippen molar-refractivity contribution in [3.8, 4) is 0 Å². The fourth-order valence-electron chi connectivity index (χ4n) is 1.83. The molecule has 0 N–H and O–H groups in total. The predicted molar refractivity (Wildman–Crippen MR) is 67.7 cm³/mol. The molecule has 0 aromatic heterocycles. The average Bonchev–Trinajstić information content (AvgIpc) is 2.23. The molecule has 0 aromatic carbocycles. The SMILES string of the molecule is CCC(C)C(C)COC([O])C(C)CC(C)C. The molecule has 0 amide bonds. The molecule has 0 fully saturated rings. The first kappa shape index (κ1) is 15.9. The lowest BCUT2D eigenvalue weighted by Gasteiger charge is -2.23. The van der Waals surface area contributed by atoms with Crippen LogP contribution >= 0.6 is 0 Å². The van der Waals surface area contributed by atoms with Crippen molar-refractivity contribution in [1.29, 1.82) is 0 Å². The van der Waals surface area contributed by atoms with Crippen LogP contribution in [0.25, 0.3) is 0 Å². The van der Waals surface area contributed by atoms with E-state index in [9.17, 15) is 5.11 Å². The second kappa shape index (κ2) is 8.08. The second-order valence-electron chi connectivity index (χ2n) is 5.67. The molecule has 0 aromatic rings. The first-order valence-electron chi connectivity index (χ1n) is 6.65. The van der Waals surface area contributed by atoms with Crippen LogP contribution in [0.3, 0.4) is 0 Å². The molecule has 16 heavy (non-hydrogen) atoms. The highest BCUT2D eigenvalue weighted by molar-refractivity contribution is 4.62. The summed E-state index contributed by atoms with van der Waals surface area (Å²) in [4.78, 5) is 0. The minimum atomic E-state index is -0.853. The van der Waals surface area contributed by atoms with Gasteiger partial charge in [0.05, 0.1) is 6.61 Å². The van der Waals surface area contributed by atoms with Crippen LogP contribution in [0.4, 0.5) is 0 Å². The van der Waals surface area contributed by atoms with E-state index in [4.69, 9.17) is 4.74 Å². The van der Waals surface area contributed by atoms with Crippen molar-refractivity contribution in [1.82, 2.24) is 0 Å². The van der Waals surface area contributed by atoms with Crippen molar-refractivity contribution in [3.63, 3.8) is 0 Å². The topological polar surface area (TPSA) is 29.1 Å². The molecule has 0 rings (SSSR count). The van der Waals surface area contributed by atoms with E-state index in [0.29, 0.717) is 24.4 Å². The summed E-state index contributed by atoms with van der Waals surface area (Å²) < 4.78 is 5.43. The van der Waals surface area contributed by atoms with Crippen LogP contribution in [0.15, 0.2) is 0 Å². The van der Waals surface area contributed by atoms with Gasteiger partial charge in [-0.25, -0.2) is 5.11 Å². The number of hydrogen-bond acceptors (Lipinski definition) is 1. The first-order valence-corrected chi connectivity index (χ1v) is 6.65. The normalized spacial score (nSPS) is 19.5. The lowest BCUT2D eigenvalue weighted by Crippen LogP contribution is -2.25. The molecular weight excluding hydrogens is 200 g/mol. The summed E-state index contributed by atoms with van der Waals surface area (Å²) >= 11 is 0. The fraction of sp³-hybridized carbons (Fsp3) is 1.00. The zero-order valence-electron chi connectivity index (χ0n) is 11.8. The van der Waals surface area contributed by atoms with Crippen molar-refractivity contribution in [2.75, 3.05) is 6.61 Å². The number of ether oxygens (including phenoxy) is 1. The Morgan fingerprint density at radius 2 is 1.50 bits per heavy atom. The van der Waals surface area contributed by atoms with E-state index in [1.54, 1.807) is 0 Å². The van der Waals surface area contributed by atoms with E-state index in [1.807, 2.05) is 6.92 Å². The maximum absolute atomic E-state index is 11.8. The minimum absolute atomic E-state index is 0.115. The molecule has 4 unspecified atom stereocenters. The van der Waals surface area contributed by atoms with E-state index in [1.165, 1.54) is 0 Å².